The van der Waals surface area contributed by atoms with E-state index in [4.69, 9.17) is 0 Å². The topological polar surface area (TPSA) is 61.4 Å². The van der Waals surface area contributed by atoms with Crippen LogP contribution in [-0.4, -0.2) is 60.1 Å². The van der Waals surface area contributed by atoms with Crippen molar-refractivity contribution in [3.63, 3.8) is 0 Å². The number of amides is 1. The molecule has 0 bridgehead atoms. The van der Waals surface area contributed by atoms with Crippen LogP contribution in [0.5, 0.6) is 0 Å². The van der Waals surface area contributed by atoms with Gasteiger partial charge in [-0.15, -0.1) is 0 Å². The van der Waals surface area contributed by atoms with E-state index >= 15 is 0 Å². The molecule has 0 atom stereocenters. The number of hydrogen-bond donors (Lipinski definition) is 1. The van der Waals surface area contributed by atoms with Crippen LogP contribution in [0.1, 0.15) is 18.4 Å². The highest BCUT2D eigenvalue weighted by Gasteiger charge is 2.26. The molecule has 0 unspecified atom stereocenters. The lowest BCUT2D eigenvalue weighted by atomic mass is 9.96. The predicted octanol–water partition coefficient (Wildman–Crippen LogP) is 2.61. The number of aromatic nitrogens is 2. The van der Waals surface area contributed by atoms with E-state index in [-0.39, 0.29) is 11.8 Å². The highest BCUT2D eigenvalue weighted by atomic mass is 32.2. The van der Waals surface area contributed by atoms with Crippen molar-refractivity contribution >= 4 is 29.3 Å². The molecule has 2 saturated heterocycles. The Bertz CT molecular complexity index is 789. The number of thioether (sulfide) groups is 1. The monoisotopic (exact) mass is 411 g/mol. The number of rotatable bonds is 6. The minimum atomic E-state index is 0.0995. The number of nitrogens with one attached hydrogen (secondary N) is 1. The fourth-order valence-electron chi connectivity index (χ4n) is 3.97. The molecule has 1 aromatic heterocycles. The van der Waals surface area contributed by atoms with Crippen LogP contribution in [0, 0.1) is 5.92 Å². The lowest BCUT2D eigenvalue weighted by molar-refractivity contribution is -0.125. The first-order valence-electron chi connectivity index (χ1n) is 10.5. The molecule has 0 spiro atoms. The van der Waals surface area contributed by atoms with Crippen LogP contribution in [-0.2, 0) is 11.2 Å². The van der Waals surface area contributed by atoms with Gasteiger partial charge in [0.1, 0.15) is 18.0 Å². The summed E-state index contributed by atoms with van der Waals surface area (Å²) in [6, 6.07) is 12.4. The normalized spacial score (nSPS) is 17.9. The molecule has 2 aromatic rings. The molecule has 0 radical (unpaired) electrons. The zero-order valence-electron chi connectivity index (χ0n) is 16.8. The average Bonchev–Trinajstić information content (AvgIpc) is 2.80. The first-order chi connectivity index (χ1) is 14.3. The van der Waals surface area contributed by atoms with Crippen LogP contribution in [0.4, 0.5) is 11.6 Å². The summed E-state index contributed by atoms with van der Waals surface area (Å²) in [5, 5.41) is 3.12. The van der Waals surface area contributed by atoms with E-state index in [1.54, 1.807) is 6.33 Å². The summed E-state index contributed by atoms with van der Waals surface area (Å²) >= 11 is 2.00. The maximum absolute atomic E-state index is 12.5. The molecule has 2 fully saturated rings. The lowest BCUT2D eigenvalue weighted by Gasteiger charge is -2.33. The Morgan fingerprint density at radius 2 is 1.66 bits per heavy atom. The van der Waals surface area contributed by atoms with Crippen molar-refractivity contribution in [3.8, 4) is 0 Å². The molecule has 2 aliphatic rings. The molecule has 2 aliphatic heterocycles. The molecule has 4 rings (SSSR count). The Morgan fingerprint density at radius 1 is 1.00 bits per heavy atom. The van der Waals surface area contributed by atoms with Gasteiger partial charge in [-0.05, 0) is 24.8 Å². The second-order valence-corrected chi connectivity index (χ2v) is 8.85. The Hall–Kier alpha value is -2.28. The number of nitrogens with zero attached hydrogens (tertiary/aromatic N) is 4. The molecule has 1 amide bonds. The van der Waals surface area contributed by atoms with Crippen molar-refractivity contribution in [1.29, 1.82) is 0 Å². The average molecular weight is 412 g/mol. The fourth-order valence-corrected chi connectivity index (χ4v) is 4.87. The quantitative estimate of drug-likeness (QED) is 0.789. The molecular weight excluding hydrogens is 382 g/mol. The minimum absolute atomic E-state index is 0.0995. The van der Waals surface area contributed by atoms with Gasteiger partial charge < -0.3 is 15.1 Å². The van der Waals surface area contributed by atoms with Gasteiger partial charge in [0.05, 0.1) is 0 Å². The maximum atomic E-state index is 12.5. The molecule has 29 heavy (non-hydrogen) atoms. The van der Waals surface area contributed by atoms with E-state index in [1.807, 2.05) is 30.0 Å². The van der Waals surface area contributed by atoms with Crippen molar-refractivity contribution in [1.82, 2.24) is 15.3 Å². The van der Waals surface area contributed by atoms with Crippen LogP contribution in [0.15, 0.2) is 42.7 Å². The van der Waals surface area contributed by atoms with Gasteiger partial charge in [-0.2, -0.15) is 11.8 Å². The third kappa shape index (κ3) is 5.41. The minimum Gasteiger partial charge on any atom is -0.356 e. The van der Waals surface area contributed by atoms with E-state index in [2.05, 4.69) is 43.3 Å². The molecule has 0 saturated carbocycles. The van der Waals surface area contributed by atoms with Crippen LogP contribution in [0.2, 0.25) is 0 Å². The van der Waals surface area contributed by atoms with E-state index in [0.717, 1.165) is 68.6 Å². The molecule has 1 N–H and O–H groups in total. The SMILES string of the molecule is O=C(NCCc1ccccc1)C1CCN(c2cc(N3CCSCC3)ncn2)CC1. The third-order valence-electron chi connectivity index (χ3n) is 5.72. The highest BCUT2D eigenvalue weighted by molar-refractivity contribution is 7.99. The summed E-state index contributed by atoms with van der Waals surface area (Å²) in [5.41, 5.74) is 1.26. The fraction of sp³-hybridized carbons (Fsp3) is 0.500. The molecule has 0 aliphatic carbocycles. The van der Waals surface area contributed by atoms with E-state index in [9.17, 15) is 4.79 Å². The predicted molar refractivity (Wildman–Crippen MR) is 120 cm³/mol. The van der Waals surface area contributed by atoms with Crippen molar-refractivity contribution in [2.75, 3.05) is 54.0 Å². The standard InChI is InChI=1S/C22H29N5OS/c28-22(23-9-6-18-4-2-1-3-5-18)19-7-10-26(11-8-19)20-16-21(25-17-24-20)27-12-14-29-15-13-27/h1-5,16-17,19H,6-15H2,(H,23,28). The summed E-state index contributed by atoms with van der Waals surface area (Å²) < 4.78 is 0. The second-order valence-electron chi connectivity index (χ2n) is 7.62. The Labute approximate surface area is 177 Å². The molecule has 3 heterocycles. The van der Waals surface area contributed by atoms with Crippen LogP contribution >= 0.6 is 11.8 Å². The lowest BCUT2D eigenvalue weighted by Crippen LogP contribution is -2.41. The van der Waals surface area contributed by atoms with Crippen molar-refractivity contribution in [2.24, 2.45) is 5.92 Å². The van der Waals surface area contributed by atoms with E-state index in [0.29, 0.717) is 6.54 Å². The summed E-state index contributed by atoms with van der Waals surface area (Å²) in [4.78, 5) is 26.1. The Kier molecular flexibility index (Phi) is 6.87. The van der Waals surface area contributed by atoms with Crippen LogP contribution < -0.4 is 15.1 Å². The summed E-state index contributed by atoms with van der Waals surface area (Å²) in [6.45, 7) is 4.53. The van der Waals surface area contributed by atoms with Gasteiger partial charge in [-0.25, -0.2) is 9.97 Å². The third-order valence-corrected chi connectivity index (χ3v) is 6.66. The van der Waals surface area contributed by atoms with Gasteiger partial charge in [0.15, 0.2) is 0 Å². The van der Waals surface area contributed by atoms with Crippen molar-refractivity contribution in [3.05, 3.63) is 48.3 Å². The highest BCUT2D eigenvalue weighted by Crippen LogP contribution is 2.25. The van der Waals surface area contributed by atoms with Crippen molar-refractivity contribution < 1.29 is 4.79 Å². The number of carbonyl (C=O) groups excluding carboxylic acids is 1. The van der Waals surface area contributed by atoms with Gasteiger partial charge in [-0.3, -0.25) is 4.79 Å². The molecule has 7 heteroatoms. The van der Waals surface area contributed by atoms with Crippen LogP contribution in [0.25, 0.3) is 0 Å². The Morgan fingerprint density at radius 3 is 2.34 bits per heavy atom. The number of carbonyl (C=O) groups is 1. The number of piperidine rings is 1. The van der Waals surface area contributed by atoms with E-state index in [1.165, 1.54) is 5.56 Å². The second kappa shape index (κ2) is 9.96. The van der Waals surface area contributed by atoms with Gasteiger partial charge in [-0.1, -0.05) is 30.3 Å². The first kappa shape index (κ1) is 20.0. The molecule has 1 aromatic carbocycles. The zero-order chi connectivity index (χ0) is 19.9. The molecule has 154 valence electrons. The van der Waals surface area contributed by atoms with E-state index < -0.39 is 0 Å². The molecular formula is C22H29N5OS. The number of hydrogen-bond acceptors (Lipinski definition) is 6. The summed E-state index contributed by atoms with van der Waals surface area (Å²) in [7, 11) is 0. The number of anilines is 2. The van der Waals surface area contributed by atoms with Gasteiger partial charge in [0, 0.05) is 56.2 Å². The first-order valence-corrected chi connectivity index (χ1v) is 11.7. The van der Waals surface area contributed by atoms with Gasteiger partial charge >= 0.3 is 0 Å². The number of benzene rings is 1. The van der Waals surface area contributed by atoms with Crippen molar-refractivity contribution in [2.45, 2.75) is 19.3 Å². The van der Waals surface area contributed by atoms with Crippen LogP contribution in [0.3, 0.4) is 0 Å². The summed E-state index contributed by atoms with van der Waals surface area (Å²) in [5.74, 6) is 4.61. The summed E-state index contributed by atoms with van der Waals surface area (Å²) in [6.07, 6.45) is 4.30. The smallest absolute Gasteiger partial charge is 0.223 e. The van der Waals surface area contributed by atoms with Gasteiger partial charge in [0.25, 0.3) is 0 Å². The largest absolute Gasteiger partial charge is 0.356 e. The zero-order valence-corrected chi connectivity index (χ0v) is 17.6. The van der Waals surface area contributed by atoms with Gasteiger partial charge in [0.2, 0.25) is 5.91 Å². The Balaban J connectivity index is 1.25. The maximum Gasteiger partial charge on any atom is 0.223 e. The molecule has 6 nitrogen and oxygen atoms in total.